The zero-order valence-corrected chi connectivity index (χ0v) is 16.5. The molecular weight excluding hydrogens is 374 g/mol. The van der Waals surface area contributed by atoms with Crippen molar-refractivity contribution in [2.45, 2.75) is 6.42 Å². The average Bonchev–Trinajstić information content (AvgIpc) is 3.15. The van der Waals surface area contributed by atoms with Gasteiger partial charge in [-0.2, -0.15) is 0 Å². The van der Waals surface area contributed by atoms with E-state index in [4.69, 9.17) is 9.47 Å². The third-order valence-electron chi connectivity index (χ3n) is 4.82. The highest BCUT2D eigenvalue weighted by Gasteiger charge is 2.35. The quantitative estimate of drug-likeness (QED) is 0.778. The Bertz CT molecular complexity index is 926. The summed E-state index contributed by atoms with van der Waals surface area (Å²) in [6.07, 6.45) is 0.122. The first-order valence-corrected chi connectivity index (χ1v) is 9.12. The van der Waals surface area contributed by atoms with Crippen molar-refractivity contribution in [3.8, 4) is 11.5 Å². The van der Waals surface area contributed by atoms with Crippen LogP contribution >= 0.6 is 0 Å². The molecule has 1 aliphatic rings. The molecule has 2 aromatic carbocycles. The van der Waals surface area contributed by atoms with Gasteiger partial charge < -0.3 is 25.0 Å². The minimum atomic E-state index is -0.478. The summed E-state index contributed by atoms with van der Waals surface area (Å²) < 4.78 is 10.5. The van der Waals surface area contributed by atoms with Gasteiger partial charge in [-0.15, -0.1) is 0 Å². The second-order valence-electron chi connectivity index (χ2n) is 6.59. The maximum Gasteiger partial charge on any atom is 0.251 e. The predicted octanol–water partition coefficient (Wildman–Crippen LogP) is 2.05. The number of hydrogen-bond donors (Lipinski definition) is 2. The van der Waals surface area contributed by atoms with Crippen molar-refractivity contribution in [2.24, 2.45) is 5.92 Å². The number of hydrogen-bond acceptors (Lipinski definition) is 5. The molecule has 1 saturated heterocycles. The molecule has 2 N–H and O–H groups in total. The van der Waals surface area contributed by atoms with Crippen LogP contribution in [0.2, 0.25) is 0 Å². The number of nitrogens with zero attached hydrogens (tertiary/aromatic N) is 1. The standard InChI is InChI=1S/C21H23N3O5/c1-22-20(26)13-4-6-15(7-5-13)23-21(27)14-10-19(25)24(12-14)16-8-9-17(28-2)18(11-16)29-3/h4-9,11,14H,10,12H2,1-3H3,(H,22,26)(H,23,27). The number of methoxy groups -OCH3 is 2. The number of amides is 3. The first-order valence-electron chi connectivity index (χ1n) is 9.12. The zero-order valence-electron chi connectivity index (χ0n) is 16.5. The normalized spacial score (nSPS) is 15.8. The van der Waals surface area contributed by atoms with E-state index in [1.807, 2.05) is 0 Å². The van der Waals surface area contributed by atoms with Crippen LogP contribution in [0.25, 0.3) is 0 Å². The van der Waals surface area contributed by atoms with Crippen LogP contribution in [0.1, 0.15) is 16.8 Å². The molecule has 29 heavy (non-hydrogen) atoms. The molecule has 152 valence electrons. The van der Waals surface area contributed by atoms with E-state index >= 15 is 0 Å². The summed E-state index contributed by atoms with van der Waals surface area (Å²) in [6.45, 7) is 0.274. The number of rotatable bonds is 6. The van der Waals surface area contributed by atoms with Crippen LogP contribution in [-0.2, 0) is 9.59 Å². The fourth-order valence-electron chi connectivity index (χ4n) is 3.22. The van der Waals surface area contributed by atoms with Gasteiger partial charge in [0.25, 0.3) is 5.91 Å². The molecule has 1 unspecified atom stereocenters. The number of ether oxygens (including phenoxy) is 2. The van der Waals surface area contributed by atoms with Crippen LogP contribution in [0.5, 0.6) is 11.5 Å². The van der Waals surface area contributed by atoms with Gasteiger partial charge in [0, 0.05) is 43.0 Å². The molecule has 3 rings (SSSR count). The molecule has 0 bridgehead atoms. The molecule has 8 nitrogen and oxygen atoms in total. The van der Waals surface area contributed by atoms with E-state index in [2.05, 4.69) is 10.6 Å². The molecule has 0 aliphatic carbocycles. The number of nitrogens with one attached hydrogen (secondary N) is 2. The van der Waals surface area contributed by atoms with Gasteiger partial charge in [0.15, 0.2) is 11.5 Å². The Labute approximate surface area is 168 Å². The Kier molecular flexibility index (Phi) is 6.01. The van der Waals surface area contributed by atoms with Crippen LogP contribution in [0, 0.1) is 5.92 Å². The second-order valence-corrected chi connectivity index (χ2v) is 6.59. The highest BCUT2D eigenvalue weighted by atomic mass is 16.5. The first-order chi connectivity index (χ1) is 14.0. The van der Waals surface area contributed by atoms with Gasteiger partial charge >= 0.3 is 0 Å². The van der Waals surface area contributed by atoms with Crippen molar-refractivity contribution in [3.05, 3.63) is 48.0 Å². The lowest BCUT2D eigenvalue weighted by molar-refractivity contribution is -0.122. The van der Waals surface area contributed by atoms with E-state index in [9.17, 15) is 14.4 Å². The summed E-state index contributed by atoms with van der Waals surface area (Å²) >= 11 is 0. The lowest BCUT2D eigenvalue weighted by Gasteiger charge is -2.18. The van der Waals surface area contributed by atoms with Crippen molar-refractivity contribution >= 4 is 29.1 Å². The Morgan fingerprint density at radius 3 is 2.34 bits per heavy atom. The van der Waals surface area contributed by atoms with Gasteiger partial charge in [-0.05, 0) is 36.4 Å². The van der Waals surface area contributed by atoms with Crippen molar-refractivity contribution < 1.29 is 23.9 Å². The Morgan fingerprint density at radius 1 is 1.03 bits per heavy atom. The second kappa shape index (κ2) is 8.64. The molecule has 1 aliphatic heterocycles. The van der Waals surface area contributed by atoms with E-state index in [0.29, 0.717) is 28.4 Å². The number of benzene rings is 2. The van der Waals surface area contributed by atoms with Crippen LogP contribution in [0.4, 0.5) is 11.4 Å². The minimum absolute atomic E-state index is 0.122. The Morgan fingerprint density at radius 2 is 1.72 bits per heavy atom. The molecule has 0 radical (unpaired) electrons. The molecule has 1 fully saturated rings. The van der Waals surface area contributed by atoms with Crippen molar-refractivity contribution in [3.63, 3.8) is 0 Å². The predicted molar refractivity (Wildman–Crippen MR) is 108 cm³/mol. The summed E-state index contributed by atoms with van der Waals surface area (Å²) in [4.78, 5) is 38.3. The van der Waals surface area contributed by atoms with Crippen molar-refractivity contribution in [2.75, 3.05) is 38.0 Å². The van der Waals surface area contributed by atoms with Crippen LogP contribution < -0.4 is 25.0 Å². The fourth-order valence-corrected chi connectivity index (χ4v) is 3.22. The van der Waals surface area contributed by atoms with Crippen LogP contribution in [0.15, 0.2) is 42.5 Å². The van der Waals surface area contributed by atoms with Crippen molar-refractivity contribution in [1.82, 2.24) is 5.32 Å². The smallest absolute Gasteiger partial charge is 0.251 e. The van der Waals surface area contributed by atoms with Gasteiger partial charge in [-0.25, -0.2) is 0 Å². The molecule has 1 atom stereocenters. The molecule has 0 aromatic heterocycles. The lowest BCUT2D eigenvalue weighted by Crippen LogP contribution is -2.28. The van der Waals surface area contributed by atoms with Crippen molar-refractivity contribution in [1.29, 1.82) is 0 Å². The minimum Gasteiger partial charge on any atom is -0.493 e. The summed E-state index contributed by atoms with van der Waals surface area (Å²) in [5.41, 5.74) is 1.72. The highest BCUT2D eigenvalue weighted by molar-refractivity contribution is 6.04. The monoisotopic (exact) mass is 397 g/mol. The molecule has 2 aromatic rings. The van der Waals surface area contributed by atoms with E-state index in [-0.39, 0.29) is 30.7 Å². The molecule has 0 spiro atoms. The third-order valence-corrected chi connectivity index (χ3v) is 4.82. The number of carbonyl (C=O) groups excluding carboxylic acids is 3. The third kappa shape index (κ3) is 4.31. The zero-order chi connectivity index (χ0) is 21.0. The highest BCUT2D eigenvalue weighted by Crippen LogP contribution is 2.34. The van der Waals surface area contributed by atoms with E-state index in [1.54, 1.807) is 61.5 Å². The summed E-state index contributed by atoms with van der Waals surface area (Å²) in [5, 5.41) is 5.35. The van der Waals surface area contributed by atoms with E-state index in [0.717, 1.165) is 0 Å². The first kappa shape index (κ1) is 20.2. The Hall–Kier alpha value is -3.55. The molecule has 0 saturated carbocycles. The average molecular weight is 397 g/mol. The summed E-state index contributed by atoms with van der Waals surface area (Å²) in [7, 11) is 4.62. The number of anilines is 2. The van der Waals surface area contributed by atoms with Gasteiger partial charge in [0.2, 0.25) is 11.8 Å². The Balaban J connectivity index is 1.68. The van der Waals surface area contributed by atoms with Gasteiger partial charge in [-0.3, -0.25) is 14.4 Å². The van der Waals surface area contributed by atoms with E-state index in [1.165, 1.54) is 7.11 Å². The van der Waals surface area contributed by atoms with Crippen LogP contribution in [-0.4, -0.2) is 45.5 Å². The maximum atomic E-state index is 12.6. The SMILES string of the molecule is CNC(=O)c1ccc(NC(=O)C2CC(=O)N(c3ccc(OC)c(OC)c3)C2)cc1. The largest absolute Gasteiger partial charge is 0.493 e. The van der Waals surface area contributed by atoms with E-state index < -0.39 is 5.92 Å². The summed E-state index contributed by atoms with van der Waals surface area (Å²) in [6, 6.07) is 11.8. The molecule has 8 heteroatoms. The maximum absolute atomic E-state index is 12.6. The van der Waals surface area contributed by atoms with Crippen LogP contribution in [0.3, 0.4) is 0 Å². The van der Waals surface area contributed by atoms with Gasteiger partial charge in [0.1, 0.15) is 0 Å². The molecule has 3 amide bonds. The summed E-state index contributed by atoms with van der Waals surface area (Å²) in [5.74, 6) is 0.0321. The van der Waals surface area contributed by atoms with Gasteiger partial charge in [0.05, 0.1) is 20.1 Å². The fraction of sp³-hybridized carbons (Fsp3) is 0.286. The molecular formula is C21H23N3O5. The number of carbonyl (C=O) groups is 3. The topological polar surface area (TPSA) is 97.0 Å². The molecule has 1 heterocycles. The lowest BCUT2D eigenvalue weighted by atomic mass is 10.1. The van der Waals surface area contributed by atoms with Gasteiger partial charge in [-0.1, -0.05) is 0 Å².